The molecule has 3 aromatic rings. The molecule has 1 aliphatic heterocycles. The van der Waals surface area contributed by atoms with Crippen LogP contribution < -0.4 is 11.2 Å². The number of aromatic carboxylic acids is 1. The molecule has 0 bridgehead atoms. The van der Waals surface area contributed by atoms with E-state index in [-0.39, 0.29) is 17.0 Å². The lowest BCUT2D eigenvalue weighted by molar-refractivity contribution is -0.137. The molecule has 1 heterocycles. The van der Waals surface area contributed by atoms with Crippen molar-refractivity contribution in [3.8, 4) is 11.1 Å². The highest BCUT2D eigenvalue weighted by Gasteiger charge is 2.29. The number of carboxylic acid groups (broad SMARTS) is 1. The van der Waals surface area contributed by atoms with E-state index in [1.807, 2.05) is 12.1 Å². The molecule has 0 saturated carbocycles. The number of piperidine rings is 1. The van der Waals surface area contributed by atoms with Crippen molar-refractivity contribution < 1.29 is 23.1 Å². The average Bonchev–Trinajstić information content (AvgIpc) is 2.90. The number of nitrogens with zero attached hydrogens (tertiary/aromatic N) is 2. The average molecular weight is 509 g/mol. The molecule has 9 heteroatoms. The smallest absolute Gasteiger partial charge is 0.416 e. The predicted molar refractivity (Wildman–Crippen MR) is 139 cm³/mol. The number of aliphatic imine (C=N–C) groups is 1. The SMILES string of the molecule is Cc1c(C(=O)O)cc(C(C=Nc2ccc(C(F)(F)F)cc2)=NN)cc1-c1ccc(C2CCNCC2)cc1. The van der Waals surface area contributed by atoms with Gasteiger partial charge in [-0.15, -0.1) is 0 Å². The van der Waals surface area contributed by atoms with E-state index in [0.29, 0.717) is 17.0 Å². The summed E-state index contributed by atoms with van der Waals surface area (Å²) in [5, 5.41) is 17.0. The maximum atomic E-state index is 12.8. The van der Waals surface area contributed by atoms with Crippen molar-refractivity contribution in [3.05, 3.63) is 88.5 Å². The van der Waals surface area contributed by atoms with Crippen LogP contribution in [0.15, 0.2) is 70.8 Å². The van der Waals surface area contributed by atoms with Crippen LogP contribution in [-0.4, -0.2) is 36.1 Å². The summed E-state index contributed by atoms with van der Waals surface area (Å²) in [4.78, 5) is 16.2. The number of hydrazone groups is 1. The molecule has 0 radical (unpaired) electrons. The fourth-order valence-corrected chi connectivity index (χ4v) is 4.53. The molecule has 1 fully saturated rings. The third-order valence-corrected chi connectivity index (χ3v) is 6.64. The van der Waals surface area contributed by atoms with Gasteiger partial charge >= 0.3 is 12.1 Å². The number of hydrogen-bond donors (Lipinski definition) is 3. The highest BCUT2D eigenvalue weighted by atomic mass is 19.4. The van der Waals surface area contributed by atoms with Gasteiger partial charge in [0.1, 0.15) is 5.71 Å². The van der Waals surface area contributed by atoms with Crippen LogP contribution in [-0.2, 0) is 6.18 Å². The standard InChI is InChI=1S/C28H27F3N4O2/c1-17-24(20-4-2-18(3-5-20)19-10-12-33-13-11-19)14-21(15-25(17)27(36)37)26(35-32)16-34-23-8-6-22(7-9-23)28(29,30)31/h2-9,14-16,19,33H,10-13,32H2,1H3,(H,36,37). The first-order chi connectivity index (χ1) is 17.7. The van der Waals surface area contributed by atoms with E-state index in [0.717, 1.165) is 49.2 Å². The molecule has 192 valence electrons. The Balaban J connectivity index is 1.66. The maximum absolute atomic E-state index is 12.8. The van der Waals surface area contributed by atoms with E-state index in [1.54, 1.807) is 13.0 Å². The second-order valence-electron chi connectivity index (χ2n) is 8.96. The minimum Gasteiger partial charge on any atom is -0.478 e. The first-order valence-corrected chi connectivity index (χ1v) is 11.9. The summed E-state index contributed by atoms with van der Waals surface area (Å²) >= 11 is 0. The van der Waals surface area contributed by atoms with Gasteiger partial charge in [0.15, 0.2) is 0 Å². The fourth-order valence-electron chi connectivity index (χ4n) is 4.53. The molecular formula is C28H27F3N4O2. The van der Waals surface area contributed by atoms with E-state index in [2.05, 4.69) is 27.5 Å². The Morgan fingerprint density at radius 3 is 2.27 bits per heavy atom. The zero-order valence-corrected chi connectivity index (χ0v) is 20.2. The van der Waals surface area contributed by atoms with Crippen molar-refractivity contribution in [2.75, 3.05) is 13.1 Å². The van der Waals surface area contributed by atoms with E-state index in [9.17, 15) is 23.1 Å². The Kier molecular flexibility index (Phi) is 7.73. The Morgan fingerprint density at radius 1 is 1.05 bits per heavy atom. The summed E-state index contributed by atoms with van der Waals surface area (Å²) in [6.45, 7) is 3.73. The monoisotopic (exact) mass is 508 g/mol. The molecule has 0 aromatic heterocycles. The molecule has 0 amide bonds. The minimum atomic E-state index is -4.44. The van der Waals surface area contributed by atoms with Crippen molar-refractivity contribution in [1.82, 2.24) is 5.32 Å². The molecule has 1 saturated heterocycles. The number of hydrogen-bond acceptors (Lipinski definition) is 5. The number of rotatable bonds is 6. The highest BCUT2D eigenvalue weighted by Crippen LogP contribution is 2.32. The molecule has 37 heavy (non-hydrogen) atoms. The van der Waals surface area contributed by atoms with E-state index >= 15 is 0 Å². The second-order valence-corrected chi connectivity index (χ2v) is 8.96. The Hall–Kier alpha value is -3.98. The van der Waals surface area contributed by atoms with Crippen LogP contribution in [0.2, 0.25) is 0 Å². The molecule has 0 atom stereocenters. The van der Waals surface area contributed by atoms with Gasteiger partial charge in [0, 0.05) is 5.56 Å². The van der Waals surface area contributed by atoms with Crippen LogP contribution >= 0.6 is 0 Å². The molecule has 0 aliphatic carbocycles. The first kappa shape index (κ1) is 26.1. The number of carbonyl (C=O) groups is 1. The first-order valence-electron chi connectivity index (χ1n) is 11.9. The summed E-state index contributed by atoms with van der Waals surface area (Å²) in [7, 11) is 0. The molecule has 4 N–H and O–H groups in total. The Morgan fingerprint density at radius 2 is 1.70 bits per heavy atom. The van der Waals surface area contributed by atoms with E-state index in [1.165, 1.54) is 30.0 Å². The van der Waals surface area contributed by atoms with Gasteiger partial charge in [0.2, 0.25) is 0 Å². The quantitative estimate of drug-likeness (QED) is 0.219. The zero-order valence-electron chi connectivity index (χ0n) is 20.2. The van der Waals surface area contributed by atoms with Gasteiger partial charge in [0.05, 0.1) is 23.0 Å². The number of nitrogens with one attached hydrogen (secondary N) is 1. The molecule has 0 unspecified atom stereocenters. The van der Waals surface area contributed by atoms with Gasteiger partial charge in [-0.1, -0.05) is 24.3 Å². The molecule has 4 rings (SSSR count). The lowest BCUT2D eigenvalue weighted by Crippen LogP contribution is -2.26. The summed E-state index contributed by atoms with van der Waals surface area (Å²) in [6, 6.07) is 15.8. The minimum absolute atomic E-state index is 0.0963. The number of carboxylic acids is 1. The van der Waals surface area contributed by atoms with Gasteiger partial charge < -0.3 is 16.3 Å². The van der Waals surface area contributed by atoms with Crippen LogP contribution in [0.5, 0.6) is 0 Å². The van der Waals surface area contributed by atoms with Gasteiger partial charge in [-0.05, 0) is 97.4 Å². The molecular weight excluding hydrogens is 481 g/mol. The summed E-state index contributed by atoms with van der Waals surface area (Å²) in [5.41, 5.74) is 3.64. The summed E-state index contributed by atoms with van der Waals surface area (Å²) in [6.07, 6.45) is -0.983. The van der Waals surface area contributed by atoms with Crippen molar-refractivity contribution in [2.45, 2.75) is 31.9 Å². The van der Waals surface area contributed by atoms with Crippen molar-refractivity contribution >= 4 is 23.6 Å². The van der Waals surface area contributed by atoms with Crippen LogP contribution in [0.3, 0.4) is 0 Å². The molecule has 1 aliphatic rings. The number of nitrogens with two attached hydrogens (primary N) is 1. The molecule has 6 nitrogen and oxygen atoms in total. The Labute approximate surface area is 212 Å². The molecule has 0 spiro atoms. The normalized spacial score (nSPS) is 15.3. The molecule has 3 aromatic carbocycles. The van der Waals surface area contributed by atoms with Crippen LogP contribution in [0.25, 0.3) is 11.1 Å². The second kappa shape index (κ2) is 11.0. The summed E-state index contributed by atoms with van der Waals surface area (Å²) < 4.78 is 38.4. The van der Waals surface area contributed by atoms with Crippen molar-refractivity contribution in [2.24, 2.45) is 15.9 Å². The van der Waals surface area contributed by atoms with Crippen LogP contribution in [0.1, 0.15) is 51.4 Å². The van der Waals surface area contributed by atoms with Crippen molar-refractivity contribution in [1.29, 1.82) is 0 Å². The Bertz CT molecular complexity index is 1330. The van der Waals surface area contributed by atoms with Gasteiger partial charge in [0.25, 0.3) is 0 Å². The van der Waals surface area contributed by atoms with E-state index < -0.39 is 17.7 Å². The lowest BCUT2D eigenvalue weighted by Gasteiger charge is -2.23. The summed E-state index contributed by atoms with van der Waals surface area (Å²) in [5.74, 6) is 5.00. The third kappa shape index (κ3) is 6.06. The number of alkyl halides is 3. The number of benzene rings is 3. The predicted octanol–water partition coefficient (Wildman–Crippen LogP) is 5.91. The lowest BCUT2D eigenvalue weighted by atomic mass is 9.88. The highest BCUT2D eigenvalue weighted by molar-refractivity contribution is 6.38. The fraction of sp³-hybridized carbons (Fsp3) is 0.250. The maximum Gasteiger partial charge on any atom is 0.416 e. The van der Waals surface area contributed by atoms with Crippen molar-refractivity contribution in [3.63, 3.8) is 0 Å². The van der Waals surface area contributed by atoms with E-state index in [4.69, 9.17) is 5.84 Å². The van der Waals surface area contributed by atoms with Gasteiger partial charge in [-0.2, -0.15) is 18.3 Å². The number of halogens is 3. The van der Waals surface area contributed by atoms with Gasteiger partial charge in [-0.25, -0.2) is 4.79 Å². The van der Waals surface area contributed by atoms with Crippen LogP contribution in [0.4, 0.5) is 18.9 Å². The van der Waals surface area contributed by atoms with Crippen LogP contribution in [0, 0.1) is 6.92 Å². The largest absolute Gasteiger partial charge is 0.478 e. The topological polar surface area (TPSA) is 100 Å². The zero-order chi connectivity index (χ0) is 26.6. The third-order valence-electron chi connectivity index (χ3n) is 6.64. The van der Waals surface area contributed by atoms with Gasteiger partial charge in [-0.3, -0.25) is 4.99 Å².